The number of pyridine rings is 1. The Morgan fingerprint density at radius 1 is 1.39 bits per heavy atom. The third kappa shape index (κ3) is 3.29. The number of nitrogens with zero attached hydrogens (tertiary/aromatic N) is 2. The van der Waals surface area contributed by atoms with E-state index in [2.05, 4.69) is 22.1 Å². The summed E-state index contributed by atoms with van der Waals surface area (Å²) in [6.45, 7) is 5.26. The Bertz CT molecular complexity index is 374. The first-order valence-electron chi connectivity index (χ1n) is 6.73. The monoisotopic (exact) mass is 247 g/mol. The van der Waals surface area contributed by atoms with Crippen LogP contribution in [0.3, 0.4) is 0 Å². The quantitative estimate of drug-likeness (QED) is 0.861. The van der Waals surface area contributed by atoms with E-state index in [4.69, 9.17) is 0 Å². The highest BCUT2D eigenvalue weighted by Crippen LogP contribution is 2.13. The van der Waals surface area contributed by atoms with E-state index < -0.39 is 0 Å². The molecular weight excluding hydrogens is 226 g/mol. The predicted octanol–water partition coefficient (Wildman–Crippen LogP) is 1.69. The molecule has 0 spiro atoms. The molecule has 0 bridgehead atoms. The standard InChI is InChI=1S/C14H21N3O/c1-2-13(17-9-3-4-10-17)11-16-14(18)12-5-7-15-8-6-12/h5-8,13H,2-4,9-11H2,1H3,(H,16,18)/t13-/m0/s1. The molecule has 0 unspecified atom stereocenters. The molecule has 4 heteroatoms. The summed E-state index contributed by atoms with van der Waals surface area (Å²) in [7, 11) is 0. The van der Waals surface area contributed by atoms with Gasteiger partial charge in [0, 0.05) is 30.5 Å². The summed E-state index contributed by atoms with van der Waals surface area (Å²) >= 11 is 0. The zero-order chi connectivity index (χ0) is 12.8. The highest BCUT2D eigenvalue weighted by molar-refractivity contribution is 5.93. The van der Waals surface area contributed by atoms with Crippen molar-refractivity contribution in [1.82, 2.24) is 15.2 Å². The molecule has 1 aliphatic rings. The first-order valence-corrected chi connectivity index (χ1v) is 6.73. The minimum Gasteiger partial charge on any atom is -0.350 e. The highest BCUT2D eigenvalue weighted by atomic mass is 16.1. The lowest BCUT2D eigenvalue weighted by molar-refractivity contribution is 0.0937. The fourth-order valence-electron chi connectivity index (χ4n) is 2.45. The van der Waals surface area contributed by atoms with E-state index in [1.54, 1.807) is 24.5 Å². The van der Waals surface area contributed by atoms with Crippen LogP contribution in [0.25, 0.3) is 0 Å². The molecule has 1 saturated heterocycles. The van der Waals surface area contributed by atoms with Crippen molar-refractivity contribution in [2.45, 2.75) is 32.2 Å². The van der Waals surface area contributed by atoms with E-state index in [1.807, 2.05) is 0 Å². The van der Waals surface area contributed by atoms with Gasteiger partial charge >= 0.3 is 0 Å². The summed E-state index contributed by atoms with van der Waals surface area (Å²) in [6, 6.07) is 3.96. The van der Waals surface area contributed by atoms with Crippen molar-refractivity contribution < 1.29 is 4.79 Å². The van der Waals surface area contributed by atoms with Crippen molar-refractivity contribution in [2.24, 2.45) is 0 Å². The Labute approximate surface area is 108 Å². The van der Waals surface area contributed by atoms with Crippen molar-refractivity contribution in [3.05, 3.63) is 30.1 Å². The van der Waals surface area contributed by atoms with Crippen molar-refractivity contribution in [3.63, 3.8) is 0 Å². The van der Waals surface area contributed by atoms with Crippen molar-refractivity contribution in [1.29, 1.82) is 0 Å². The summed E-state index contributed by atoms with van der Waals surface area (Å²) in [5, 5.41) is 3.02. The number of hydrogen-bond donors (Lipinski definition) is 1. The van der Waals surface area contributed by atoms with Gasteiger partial charge in [0.15, 0.2) is 0 Å². The van der Waals surface area contributed by atoms with Gasteiger partial charge in [-0.25, -0.2) is 0 Å². The molecule has 18 heavy (non-hydrogen) atoms. The van der Waals surface area contributed by atoms with E-state index >= 15 is 0 Å². The van der Waals surface area contributed by atoms with Crippen LogP contribution in [0.1, 0.15) is 36.5 Å². The number of hydrogen-bond acceptors (Lipinski definition) is 3. The fourth-order valence-corrected chi connectivity index (χ4v) is 2.45. The summed E-state index contributed by atoms with van der Waals surface area (Å²) in [5.41, 5.74) is 0.682. The second kappa shape index (κ2) is 6.50. The lowest BCUT2D eigenvalue weighted by atomic mass is 10.2. The molecule has 2 heterocycles. The number of aromatic nitrogens is 1. The minimum absolute atomic E-state index is 0.00459. The van der Waals surface area contributed by atoms with Gasteiger partial charge in [0.25, 0.3) is 5.91 Å². The average molecular weight is 247 g/mol. The lowest BCUT2D eigenvalue weighted by Gasteiger charge is -2.26. The van der Waals surface area contributed by atoms with Gasteiger partial charge in [0.2, 0.25) is 0 Å². The number of amides is 1. The average Bonchev–Trinajstić information content (AvgIpc) is 2.94. The van der Waals surface area contributed by atoms with E-state index in [0.29, 0.717) is 11.6 Å². The molecule has 1 aromatic heterocycles. The normalized spacial score (nSPS) is 17.6. The van der Waals surface area contributed by atoms with Crippen LogP contribution in [0.5, 0.6) is 0 Å². The van der Waals surface area contributed by atoms with E-state index in [-0.39, 0.29) is 5.91 Å². The van der Waals surface area contributed by atoms with E-state index in [0.717, 1.165) is 13.0 Å². The molecule has 0 aliphatic carbocycles. The maximum Gasteiger partial charge on any atom is 0.251 e. The van der Waals surface area contributed by atoms with Gasteiger partial charge in [0.1, 0.15) is 0 Å². The molecule has 1 fully saturated rings. The molecule has 98 valence electrons. The van der Waals surface area contributed by atoms with Crippen molar-refractivity contribution in [2.75, 3.05) is 19.6 Å². The maximum atomic E-state index is 11.9. The summed E-state index contributed by atoms with van der Waals surface area (Å²) in [4.78, 5) is 18.3. The summed E-state index contributed by atoms with van der Waals surface area (Å²) in [5.74, 6) is -0.00459. The van der Waals surface area contributed by atoms with Gasteiger partial charge in [-0.1, -0.05) is 6.92 Å². The summed E-state index contributed by atoms with van der Waals surface area (Å²) < 4.78 is 0. The van der Waals surface area contributed by atoms with Crippen LogP contribution in [-0.4, -0.2) is 41.5 Å². The maximum absolute atomic E-state index is 11.9. The fraction of sp³-hybridized carbons (Fsp3) is 0.571. The van der Waals surface area contributed by atoms with Crippen LogP contribution in [0.4, 0.5) is 0 Å². The number of rotatable bonds is 5. The Balaban J connectivity index is 1.84. The Morgan fingerprint density at radius 3 is 2.67 bits per heavy atom. The van der Waals surface area contributed by atoms with Crippen LogP contribution in [0.15, 0.2) is 24.5 Å². The van der Waals surface area contributed by atoms with E-state index in [9.17, 15) is 4.79 Å². The first kappa shape index (κ1) is 13.0. The van der Waals surface area contributed by atoms with Crippen molar-refractivity contribution in [3.8, 4) is 0 Å². The van der Waals surface area contributed by atoms with Gasteiger partial charge in [-0.15, -0.1) is 0 Å². The topological polar surface area (TPSA) is 45.2 Å². The Kier molecular flexibility index (Phi) is 4.70. The Morgan fingerprint density at radius 2 is 2.06 bits per heavy atom. The largest absolute Gasteiger partial charge is 0.350 e. The number of nitrogens with one attached hydrogen (secondary N) is 1. The van der Waals surface area contributed by atoms with Gasteiger partial charge in [-0.3, -0.25) is 14.7 Å². The van der Waals surface area contributed by atoms with Gasteiger partial charge < -0.3 is 5.32 Å². The van der Waals surface area contributed by atoms with Crippen LogP contribution in [-0.2, 0) is 0 Å². The molecule has 0 radical (unpaired) electrons. The van der Waals surface area contributed by atoms with Crippen LogP contribution in [0.2, 0.25) is 0 Å². The number of likely N-dealkylation sites (tertiary alicyclic amines) is 1. The van der Waals surface area contributed by atoms with E-state index in [1.165, 1.54) is 25.9 Å². The molecule has 1 aliphatic heterocycles. The number of carbonyl (C=O) groups excluding carboxylic acids is 1. The van der Waals surface area contributed by atoms with Crippen LogP contribution >= 0.6 is 0 Å². The third-order valence-corrected chi connectivity index (χ3v) is 3.57. The molecule has 2 rings (SSSR count). The van der Waals surface area contributed by atoms with Crippen LogP contribution < -0.4 is 5.32 Å². The molecule has 0 saturated carbocycles. The number of carbonyl (C=O) groups is 1. The van der Waals surface area contributed by atoms with Gasteiger partial charge in [-0.2, -0.15) is 0 Å². The predicted molar refractivity (Wildman–Crippen MR) is 71.5 cm³/mol. The zero-order valence-electron chi connectivity index (χ0n) is 10.9. The lowest BCUT2D eigenvalue weighted by Crippen LogP contribution is -2.42. The summed E-state index contributed by atoms with van der Waals surface area (Å²) in [6.07, 6.45) is 6.94. The van der Waals surface area contributed by atoms with Gasteiger partial charge in [0.05, 0.1) is 0 Å². The SMILES string of the molecule is CC[C@@H](CNC(=O)c1ccncc1)N1CCCC1. The van der Waals surface area contributed by atoms with Gasteiger partial charge in [-0.05, 0) is 44.5 Å². The zero-order valence-corrected chi connectivity index (χ0v) is 10.9. The first-order chi connectivity index (χ1) is 8.81. The van der Waals surface area contributed by atoms with Crippen molar-refractivity contribution >= 4 is 5.91 Å². The molecule has 1 amide bonds. The molecule has 1 N–H and O–H groups in total. The molecule has 4 nitrogen and oxygen atoms in total. The third-order valence-electron chi connectivity index (χ3n) is 3.57. The smallest absolute Gasteiger partial charge is 0.251 e. The highest BCUT2D eigenvalue weighted by Gasteiger charge is 2.20. The minimum atomic E-state index is -0.00459. The molecule has 0 aromatic carbocycles. The second-order valence-corrected chi connectivity index (χ2v) is 4.75. The van der Waals surface area contributed by atoms with Crippen LogP contribution in [0, 0.1) is 0 Å². The molecular formula is C14H21N3O. The molecule has 1 atom stereocenters. The second-order valence-electron chi connectivity index (χ2n) is 4.75. The molecule has 1 aromatic rings. The Hall–Kier alpha value is -1.42.